The van der Waals surface area contributed by atoms with Crippen LogP contribution in [-0.4, -0.2) is 174 Å². The van der Waals surface area contributed by atoms with Gasteiger partial charge in [0.25, 0.3) is 0 Å². The van der Waals surface area contributed by atoms with Gasteiger partial charge in [-0.05, 0) is 0 Å². The maximum absolute atomic E-state index is 12.6. The Hall–Kier alpha value is -4.07. The molecular formula is C32H46O23. The minimum absolute atomic E-state index is 0.634. The predicted molar refractivity (Wildman–Crippen MR) is 168 cm³/mol. The molecule has 23 heteroatoms. The van der Waals surface area contributed by atoms with Crippen LogP contribution in [0, 0.1) is 0 Å². The summed E-state index contributed by atoms with van der Waals surface area (Å²) < 4.78 is 66.6. The molecule has 0 radical (unpaired) electrons. The number of aliphatic hydroxyl groups is 4. The monoisotopic (exact) mass is 798 g/mol. The first kappa shape index (κ1) is 45.3. The van der Waals surface area contributed by atoms with Gasteiger partial charge in [-0.2, -0.15) is 0 Å². The maximum Gasteiger partial charge on any atom is 0.303 e. The van der Waals surface area contributed by atoms with E-state index in [0.29, 0.717) is 0 Å². The number of carbonyl (C=O) groups excluding carboxylic acids is 7. The van der Waals surface area contributed by atoms with E-state index in [1.807, 2.05) is 0 Å². The molecule has 0 bridgehead atoms. The lowest BCUT2D eigenvalue weighted by atomic mass is 9.95. The Labute approximate surface area is 313 Å². The molecule has 3 heterocycles. The molecule has 0 aromatic heterocycles. The first-order valence-corrected chi connectivity index (χ1v) is 16.8. The Morgan fingerprint density at radius 1 is 0.418 bits per heavy atom. The van der Waals surface area contributed by atoms with Gasteiger partial charge in [-0.1, -0.05) is 0 Å². The lowest BCUT2D eigenvalue weighted by Crippen LogP contribution is -2.67. The van der Waals surface area contributed by atoms with E-state index in [1.54, 1.807) is 0 Å². The Bertz CT molecular complexity index is 1390. The van der Waals surface area contributed by atoms with Crippen molar-refractivity contribution in [2.45, 2.75) is 141 Å². The zero-order valence-electron chi connectivity index (χ0n) is 30.8. The van der Waals surface area contributed by atoms with Crippen LogP contribution < -0.4 is 0 Å². The van der Waals surface area contributed by atoms with Crippen molar-refractivity contribution in [2.24, 2.45) is 0 Å². The van der Waals surface area contributed by atoms with Crippen LogP contribution in [0.3, 0.4) is 0 Å². The molecule has 3 saturated heterocycles. The van der Waals surface area contributed by atoms with Crippen LogP contribution in [0.15, 0.2) is 0 Å². The van der Waals surface area contributed by atoms with Gasteiger partial charge in [0.05, 0.1) is 6.61 Å². The summed E-state index contributed by atoms with van der Waals surface area (Å²) in [4.78, 5) is 85.6. The van der Waals surface area contributed by atoms with Gasteiger partial charge in [0.1, 0.15) is 55.9 Å². The average Bonchev–Trinajstić information content (AvgIpc) is 3.06. The fourth-order valence-corrected chi connectivity index (χ4v) is 5.86. The maximum atomic E-state index is 12.6. The number of carbonyl (C=O) groups is 7. The molecule has 4 N–H and O–H groups in total. The smallest absolute Gasteiger partial charge is 0.303 e. The molecule has 3 fully saturated rings. The van der Waals surface area contributed by atoms with E-state index in [4.69, 9.17) is 56.8 Å². The number of hydrogen-bond donors (Lipinski definition) is 4. The number of aliphatic hydroxyl groups excluding tert-OH is 4. The van der Waals surface area contributed by atoms with Crippen LogP contribution in [0.5, 0.6) is 0 Å². The van der Waals surface area contributed by atoms with Crippen molar-refractivity contribution in [3.8, 4) is 0 Å². The zero-order valence-corrected chi connectivity index (χ0v) is 30.8. The van der Waals surface area contributed by atoms with Crippen LogP contribution in [0.2, 0.25) is 0 Å². The lowest BCUT2D eigenvalue weighted by Gasteiger charge is -2.48. The summed E-state index contributed by atoms with van der Waals surface area (Å²) in [7, 11) is 0. The topological polar surface area (TPSA) is 311 Å². The van der Waals surface area contributed by atoms with Gasteiger partial charge in [0.15, 0.2) is 49.4 Å². The quantitative estimate of drug-likeness (QED) is 0.0975. The van der Waals surface area contributed by atoms with Crippen LogP contribution in [0.25, 0.3) is 0 Å². The van der Waals surface area contributed by atoms with Crippen molar-refractivity contribution >= 4 is 41.8 Å². The standard InChI is InChI=1S/C32H46O23/c1-11(33)44-9-19-24(47-13(3)35)26(48-14(4)36)29(51-17(7)39)32(54-19)55-25-20(10-45-12(2)34)53-31(28(50-16(6)38)27(25)49-15(5)37)46-8-18-21(40)22(41)23(42)30(43)52-18/h18-32,40-43H,8-10H2,1-7H3/t18-,19-,20-,21-,22+,23-,24-,25-,26+,27+,28-,29-,30?,31-,32+/m1/s1. The van der Waals surface area contributed by atoms with Crippen molar-refractivity contribution in [3.05, 3.63) is 0 Å². The SMILES string of the molecule is CC(=O)OC[C@H]1O[C@@H](O[C@H]2[C@H](OC(C)=O)[C@@H](OC(C)=O)[C@H](OC[C@H]3OC(O)[C@H](O)[C@@H](O)[C@@H]3O)O[C@@H]2COC(C)=O)[C@H](OC(C)=O)[C@@H](OC(C)=O)[C@@H]1OC(C)=O. The summed E-state index contributed by atoms with van der Waals surface area (Å²) in [6, 6.07) is 0. The van der Waals surface area contributed by atoms with Crippen molar-refractivity contribution < 1.29 is 111 Å². The molecule has 0 spiro atoms. The van der Waals surface area contributed by atoms with Crippen LogP contribution in [0.1, 0.15) is 48.5 Å². The minimum Gasteiger partial charge on any atom is -0.463 e. The number of esters is 7. The van der Waals surface area contributed by atoms with Crippen molar-refractivity contribution in [1.82, 2.24) is 0 Å². The summed E-state index contributed by atoms with van der Waals surface area (Å²) in [5.41, 5.74) is 0. The van der Waals surface area contributed by atoms with E-state index in [0.717, 1.165) is 48.5 Å². The van der Waals surface area contributed by atoms with Gasteiger partial charge in [-0.25, -0.2) is 0 Å². The second-order valence-corrected chi connectivity index (χ2v) is 12.5. The summed E-state index contributed by atoms with van der Waals surface area (Å²) in [5, 5.41) is 40.4. The largest absolute Gasteiger partial charge is 0.463 e. The molecule has 1 unspecified atom stereocenters. The second-order valence-electron chi connectivity index (χ2n) is 12.5. The molecule has 0 aromatic carbocycles. The van der Waals surface area contributed by atoms with Crippen LogP contribution in [-0.2, 0) is 90.4 Å². The minimum atomic E-state index is -1.95. The van der Waals surface area contributed by atoms with Gasteiger partial charge in [0, 0.05) is 48.5 Å². The zero-order chi connectivity index (χ0) is 41.3. The molecule has 0 amide bonds. The highest BCUT2D eigenvalue weighted by atomic mass is 16.8. The molecule has 23 nitrogen and oxygen atoms in total. The highest BCUT2D eigenvalue weighted by molar-refractivity contribution is 5.69. The third-order valence-corrected chi connectivity index (χ3v) is 8.00. The molecule has 55 heavy (non-hydrogen) atoms. The summed E-state index contributed by atoms with van der Waals surface area (Å²) in [5.74, 6) is -6.44. The Morgan fingerprint density at radius 3 is 1.29 bits per heavy atom. The number of ether oxygens (including phenoxy) is 12. The van der Waals surface area contributed by atoms with Gasteiger partial charge in [0.2, 0.25) is 0 Å². The summed E-state index contributed by atoms with van der Waals surface area (Å²) >= 11 is 0. The van der Waals surface area contributed by atoms with Crippen LogP contribution >= 0.6 is 0 Å². The van der Waals surface area contributed by atoms with Crippen molar-refractivity contribution in [3.63, 3.8) is 0 Å². The Balaban J connectivity index is 2.12. The molecule has 312 valence electrons. The third kappa shape index (κ3) is 12.7. The fourth-order valence-electron chi connectivity index (χ4n) is 5.86. The first-order valence-electron chi connectivity index (χ1n) is 16.8. The van der Waals surface area contributed by atoms with E-state index < -0.39 is 154 Å². The molecule has 0 aromatic rings. The van der Waals surface area contributed by atoms with E-state index in [9.17, 15) is 54.0 Å². The third-order valence-electron chi connectivity index (χ3n) is 8.00. The van der Waals surface area contributed by atoms with E-state index >= 15 is 0 Å². The first-order chi connectivity index (χ1) is 25.7. The average molecular weight is 799 g/mol. The van der Waals surface area contributed by atoms with Gasteiger partial charge in [-0.3, -0.25) is 33.6 Å². The summed E-state index contributed by atoms with van der Waals surface area (Å²) in [6.45, 7) is 5.00. The molecule has 15 atom stereocenters. The highest BCUT2D eigenvalue weighted by Crippen LogP contribution is 2.36. The van der Waals surface area contributed by atoms with Crippen molar-refractivity contribution in [2.75, 3.05) is 19.8 Å². The van der Waals surface area contributed by atoms with Crippen molar-refractivity contribution in [1.29, 1.82) is 0 Å². The molecule has 3 aliphatic heterocycles. The second kappa shape index (κ2) is 20.2. The molecule has 0 saturated carbocycles. The fraction of sp³-hybridized carbons (Fsp3) is 0.781. The van der Waals surface area contributed by atoms with Gasteiger partial charge < -0.3 is 77.3 Å². The normalized spacial score (nSPS) is 36.0. The van der Waals surface area contributed by atoms with E-state index in [1.165, 1.54) is 0 Å². The predicted octanol–water partition coefficient (Wildman–Crippen LogP) is -3.58. The van der Waals surface area contributed by atoms with Crippen LogP contribution in [0.4, 0.5) is 0 Å². The summed E-state index contributed by atoms with van der Waals surface area (Å²) in [6.07, 6.45) is -26.1. The Morgan fingerprint density at radius 2 is 0.818 bits per heavy atom. The molecule has 3 aliphatic rings. The van der Waals surface area contributed by atoms with Gasteiger partial charge >= 0.3 is 41.8 Å². The molecular weight excluding hydrogens is 752 g/mol. The number of rotatable bonds is 14. The van der Waals surface area contributed by atoms with Gasteiger partial charge in [-0.15, -0.1) is 0 Å². The highest BCUT2D eigenvalue weighted by Gasteiger charge is 2.58. The number of hydrogen-bond acceptors (Lipinski definition) is 23. The lowest BCUT2D eigenvalue weighted by molar-refractivity contribution is -0.365. The van der Waals surface area contributed by atoms with E-state index in [-0.39, 0.29) is 0 Å². The van der Waals surface area contributed by atoms with E-state index in [2.05, 4.69) is 0 Å². The Kier molecular flexibility index (Phi) is 16.6. The molecule has 0 aliphatic carbocycles. The molecule has 3 rings (SSSR count).